The highest BCUT2D eigenvalue weighted by molar-refractivity contribution is 5.89. The zero-order chi connectivity index (χ0) is 10.7. The summed E-state index contributed by atoms with van der Waals surface area (Å²) < 4.78 is 13.6. The fraction of sp³-hybridized carbons (Fsp3) is 0.750. The molecule has 2 aliphatic rings. The van der Waals surface area contributed by atoms with Crippen LogP contribution in [-0.4, -0.2) is 33.4 Å². The largest absolute Gasteiger partial charge is 0.480 e. The van der Waals surface area contributed by atoms with E-state index in [9.17, 15) is 14.0 Å². The van der Waals surface area contributed by atoms with Gasteiger partial charge in [0, 0.05) is 11.8 Å². The van der Waals surface area contributed by atoms with Crippen LogP contribution in [0.2, 0.25) is 0 Å². The predicted molar refractivity (Wildman–Crippen MR) is 42.2 cm³/mol. The van der Waals surface area contributed by atoms with Gasteiger partial charge in [-0.25, -0.2) is 9.18 Å². The van der Waals surface area contributed by atoms with E-state index in [1.165, 1.54) is 0 Å². The van der Waals surface area contributed by atoms with Gasteiger partial charge in [-0.1, -0.05) is 0 Å². The minimum atomic E-state index is -2.41. The van der Waals surface area contributed by atoms with Crippen LogP contribution in [0.3, 0.4) is 0 Å². The summed E-state index contributed by atoms with van der Waals surface area (Å²) in [5.74, 6) is -4.69. The van der Waals surface area contributed by atoms with Crippen LogP contribution in [0.1, 0.15) is 12.8 Å². The molecule has 0 radical (unpaired) electrons. The van der Waals surface area contributed by atoms with Gasteiger partial charge in [0.1, 0.15) is 5.54 Å². The van der Waals surface area contributed by atoms with E-state index in [0.29, 0.717) is 0 Å². The number of fused-ring (bicyclic) bond motifs is 1. The fourth-order valence-electron chi connectivity index (χ4n) is 2.62. The van der Waals surface area contributed by atoms with Gasteiger partial charge in [0.15, 0.2) is 0 Å². The Morgan fingerprint density at radius 2 is 1.93 bits per heavy atom. The van der Waals surface area contributed by atoms with Gasteiger partial charge in [-0.05, 0) is 12.8 Å². The second kappa shape index (κ2) is 2.25. The molecular weight excluding hydrogens is 193 g/mol. The van der Waals surface area contributed by atoms with Crippen molar-refractivity contribution in [2.24, 2.45) is 17.6 Å². The highest BCUT2D eigenvalue weighted by Gasteiger charge is 2.82. The van der Waals surface area contributed by atoms with Crippen LogP contribution in [0.25, 0.3) is 0 Å². The first-order valence-electron chi connectivity index (χ1n) is 4.29. The summed E-state index contributed by atoms with van der Waals surface area (Å²) in [4.78, 5) is 21.4. The number of aliphatic carboxylic acids is 2. The minimum Gasteiger partial charge on any atom is -0.480 e. The van der Waals surface area contributed by atoms with Crippen molar-refractivity contribution >= 4 is 11.9 Å². The summed E-state index contributed by atoms with van der Waals surface area (Å²) in [6.07, 6.45) is 0.382. The van der Waals surface area contributed by atoms with Crippen LogP contribution in [0.5, 0.6) is 0 Å². The SMILES string of the molecule is N[C@]1(C(=O)O)CCC2C1[C@]2(F)C(=O)O. The molecule has 0 aromatic heterocycles. The first-order valence-corrected chi connectivity index (χ1v) is 4.29. The maximum Gasteiger partial charge on any atom is 0.342 e. The number of carbonyl (C=O) groups is 2. The predicted octanol–water partition coefficient (Wildman–Crippen LogP) is -0.399. The molecule has 5 nitrogen and oxygen atoms in total. The van der Waals surface area contributed by atoms with Crippen molar-refractivity contribution in [3.8, 4) is 0 Å². The number of carboxylic acids is 2. The Kier molecular flexibility index (Phi) is 1.51. The van der Waals surface area contributed by atoms with Gasteiger partial charge in [-0.2, -0.15) is 0 Å². The van der Waals surface area contributed by atoms with Crippen molar-refractivity contribution in [2.75, 3.05) is 0 Å². The van der Waals surface area contributed by atoms with Crippen LogP contribution in [0.4, 0.5) is 4.39 Å². The molecule has 2 rings (SSSR count). The Morgan fingerprint density at radius 1 is 1.36 bits per heavy atom. The summed E-state index contributed by atoms with van der Waals surface area (Å²) in [5.41, 5.74) is 1.39. The standard InChI is InChI=1S/C8H10FNO4/c9-8(6(13)14)3-1-2-7(10,4(3)8)5(11)12/h3-4H,1-2,10H2,(H,11,12)(H,13,14)/t3?,4?,7-,8+/m1/s1. The van der Waals surface area contributed by atoms with Crippen LogP contribution < -0.4 is 5.73 Å². The third-order valence-electron chi connectivity index (χ3n) is 3.44. The normalized spacial score (nSPS) is 49.9. The van der Waals surface area contributed by atoms with E-state index in [1.807, 2.05) is 0 Å². The number of hydrogen-bond acceptors (Lipinski definition) is 3. The molecule has 2 aliphatic carbocycles. The monoisotopic (exact) mass is 203 g/mol. The number of hydrogen-bond donors (Lipinski definition) is 3. The smallest absolute Gasteiger partial charge is 0.342 e. The Balaban J connectivity index is 2.31. The van der Waals surface area contributed by atoms with Gasteiger partial charge in [0.05, 0.1) is 0 Å². The number of halogens is 1. The van der Waals surface area contributed by atoms with Crippen LogP contribution in [0.15, 0.2) is 0 Å². The molecule has 0 aromatic rings. The fourth-order valence-corrected chi connectivity index (χ4v) is 2.62. The van der Waals surface area contributed by atoms with Crippen molar-refractivity contribution in [1.29, 1.82) is 0 Å². The van der Waals surface area contributed by atoms with E-state index in [1.54, 1.807) is 0 Å². The first kappa shape index (κ1) is 9.39. The van der Waals surface area contributed by atoms with Crippen LogP contribution in [0, 0.1) is 11.8 Å². The average molecular weight is 203 g/mol. The van der Waals surface area contributed by atoms with Crippen molar-refractivity contribution < 1.29 is 24.2 Å². The van der Waals surface area contributed by atoms with Crippen molar-refractivity contribution in [2.45, 2.75) is 24.0 Å². The summed E-state index contributed by atoms with van der Waals surface area (Å²) in [7, 11) is 0. The molecule has 78 valence electrons. The molecule has 0 bridgehead atoms. The summed E-state index contributed by atoms with van der Waals surface area (Å²) in [6.45, 7) is 0. The van der Waals surface area contributed by atoms with Crippen LogP contribution in [-0.2, 0) is 9.59 Å². The Labute approximate surface area is 78.7 Å². The lowest BCUT2D eigenvalue weighted by molar-refractivity contribution is -0.149. The first-order chi connectivity index (χ1) is 6.35. The van der Waals surface area contributed by atoms with Gasteiger partial charge in [0.2, 0.25) is 5.67 Å². The van der Waals surface area contributed by atoms with Crippen molar-refractivity contribution in [3.63, 3.8) is 0 Å². The van der Waals surface area contributed by atoms with E-state index < -0.39 is 35.0 Å². The zero-order valence-electron chi connectivity index (χ0n) is 7.24. The van der Waals surface area contributed by atoms with E-state index in [-0.39, 0.29) is 12.8 Å². The molecule has 0 aromatic carbocycles. The molecule has 6 heteroatoms. The number of nitrogens with two attached hydrogens (primary N) is 1. The zero-order valence-corrected chi connectivity index (χ0v) is 7.24. The van der Waals surface area contributed by atoms with E-state index in [2.05, 4.69) is 0 Å². The van der Waals surface area contributed by atoms with Gasteiger partial charge in [-0.15, -0.1) is 0 Å². The molecule has 2 fully saturated rings. The maximum atomic E-state index is 13.6. The maximum absolute atomic E-state index is 13.6. The van der Waals surface area contributed by atoms with Gasteiger partial charge < -0.3 is 15.9 Å². The summed E-state index contributed by atoms with van der Waals surface area (Å²) >= 11 is 0. The van der Waals surface area contributed by atoms with Gasteiger partial charge in [-0.3, -0.25) is 4.79 Å². The quantitative estimate of drug-likeness (QED) is 0.567. The van der Waals surface area contributed by atoms with Crippen molar-refractivity contribution in [3.05, 3.63) is 0 Å². The Morgan fingerprint density at radius 3 is 2.29 bits per heavy atom. The molecule has 14 heavy (non-hydrogen) atoms. The molecular formula is C8H10FNO4. The lowest BCUT2D eigenvalue weighted by Crippen LogP contribution is -2.51. The molecule has 4 atom stereocenters. The topological polar surface area (TPSA) is 101 Å². The molecule has 0 spiro atoms. The number of carboxylic acid groups (broad SMARTS) is 2. The average Bonchev–Trinajstić information content (AvgIpc) is 2.50. The Bertz CT molecular complexity index is 333. The summed E-state index contributed by atoms with van der Waals surface area (Å²) in [6, 6.07) is 0. The van der Waals surface area contributed by atoms with E-state index in [4.69, 9.17) is 15.9 Å². The number of rotatable bonds is 2. The molecule has 0 saturated heterocycles. The molecule has 4 N–H and O–H groups in total. The second-order valence-corrected chi connectivity index (χ2v) is 4.04. The van der Waals surface area contributed by atoms with Gasteiger partial charge >= 0.3 is 11.9 Å². The molecule has 0 amide bonds. The minimum absolute atomic E-state index is 0.149. The lowest BCUT2D eigenvalue weighted by Gasteiger charge is -2.22. The molecule has 0 heterocycles. The number of alkyl halides is 1. The third kappa shape index (κ3) is 0.771. The second-order valence-electron chi connectivity index (χ2n) is 4.04. The van der Waals surface area contributed by atoms with Crippen molar-refractivity contribution in [1.82, 2.24) is 0 Å². The molecule has 0 aliphatic heterocycles. The van der Waals surface area contributed by atoms with E-state index in [0.717, 1.165) is 0 Å². The highest BCUT2D eigenvalue weighted by Crippen LogP contribution is 2.66. The molecule has 2 saturated carbocycles. The van der Waals surface area contributed by atoms with E-state index >= 15 is 0 Å². The van der Waals surface area contributed by atoms with Gasteiger partial charge in [0.25, 0.3) is 0 Å². The molecule has 2 unspecified atom stereocenters. The third-order valence-corrected chi connectivity index (χ3v) is 3.44. The Hall–Kier alpha value is -1.17. The van der Waals surface area contributed by atoms with Crippen LogP contribution >= 0.6 is 0 Å². The summed E-state index contributed by atoms with van der Waals surface area (Å²) in [5, 5.41) is 17.4. The lowest BCUT2D eigenvalue weighted by atomic mass is 9.91. The highest BCUT2D eigenvalue weighted by atomic mass is 19.1.